The number of nitrogens with zero attached hydrogens (tertiary/aromatic N) is 4. The van der Waals surface area contributed by atoms with E-state index < -0.39 is 24.3 Å². The maximum Gasteiger partial charge on any atom is 0.407 e. The van der Waals surface area contributed by atoms with Crippen molar-refractivity contribution in [3.63, 3.8) is 0 Å². The molecule has 5 rings (SSSR count). The molecule has 0 unspecified atom stereocenters. The van der Waals surface area contributed by atoms with Crippen LogP contribution >= 0.6 is 0 Å². The van der Waals surface area contributed by atoms with E-state index in [-0.39, 0.29) is 47.6 Å². The molecule has 14 nitrogen and oxygen atoms in total. The molecule has 54 heavy (non-hydrogen) atoms. The first kappa shape index (κ1) is 39.4. The van der Waals surface area contributed by atoms with Crippen molar-refractivity contribution in [2.24, 2.45) is 23.7 Å². The molecule has 2 aromatic heterocycles. The number of imidazole rings is 2. The summed E-state index contributed by atoms with van der Waals surface area (Å²) in [4.78, 5) is 70.3. The lowest BCUT2D eigenvalue weighted by Gasteiger charge is -2.30. The van der Waals surface area contributed by atoms with Gasteiger partial charge in [-0.05, 0) is 72.6 Å². The van der Waals surface area contributed by atoms with Gasteiger partial charge in [0.25, 0.3) is 0 Å². The van der Waals surface area contributed by atoms with Crippen molar-refractivity contribution >= 4 is 24.0 Å². The largest absolute Gasteiger partial charge is 0.453 e. The van der Waals surface area contributed by atoms with Crippen LogP contribution in [0.5, 0.6) is 0 Å². The van der Waals surface area contributed by atoms with Gasteiger partial charge >= 0.3 is 12.2 Å². The van der Waals surface area contributed by atoms with Crippen molar-refractivity contribution in [1.82, 2.24) is 40.4 Å². The van der Waals surface area contributed by atoms with Crippen LogP contribution in [0.25, 0.3) is 0 Å². The second kappa shape index (κ2) is 17.4. The van der Waals surface area contributed by atoms with Crippen LogP contribution in [0.2, 0.25) is 0 Å². The third-order valence-electron chi connectivity index (χ3n) is 9.76. The first-order valence-electron chi connectivity index (χ1n) is 18.3. The SMILES string of the molecule is COC(=O)N[C@H](C(=O)N1C[C@H](C)C[C@H]1c1ncc(C#Cc2ccc(C#Cc3cnc([C@@H]4C[C@@H](C)CN4C(=O)[C@@H](NC(=O)OC)C(C)C)[nH]3)cc2)[nH]1)C(C)C. The summed E-state index contributed by atoms with van der Waals surface area (Å²) in [5, 5.41) is 5.36. The van der Waals surface area contributed by atoms with Crippen LogP contribution in [0.1, 0.15) is 101 Å². The lowest BCUT2D eigenvalue weighted by Crippen LogP contribution is -2.51. The highest BCUT2D eigenvalue weighted by atomic mass is 16.5. The molecule has 6 atom stereocenters. The Morgan fingerprint density at radius 2 is 1.06 bits per heavy atom. The average molecular weight is 739 g/mol. The van der Waals surface area contributed by atoms with Crippen LogP contribution in [0.3, 0.4) is 0 Å². The van der Waals surface area contributed by atoms with E-state index >= 15 is 0 Å². The molecule has 286 valence electrons. The molecule has 0 aliphatic carbocycles. The normalized spacial score (nSPS) is 20.4. The number of hydrogen-bond donors (Lipinski definition) is 4. The number of amides is 4. The number of alkyl carbamates (subject to hydrolysis) is 2. The summed E-state index contributed by atoms with van der Waals surface area (Å²) < 4.78 is 9.49. The van der Waals surface area contributed by atoms with Crippen LogP contribution in [0.4, 0.5) is 9.59 Å². The van der Waals surface area contributed by atoms with Gasteiger partial charge in [-0.15, -0.1) is 0 Å². The van der Waals surface area contributed by atoms with E-state index in [9.17, 15) is 19.2 Å². The van der Waals surface area contributed by atoms with Gasteiger partial charge in [0.1, 0.15) is 35.1 Å². The van der Waals surface area contributed by atoms with E-state index in [0.29, 0.717) is 36.1 Å². The van der Waals surface area contributed by atoms with E-state index in [1.807, 2.05) is 52.0 Å². The molecule has 4 N–H and O–H groups in total. The van der Waals surface area contributed by atoms with Gasteiger partial charge in [0.05, 0.1) is 38.7 Å². The average Bonchev–Trinajstić information content (AvgIpc) is 3.97. The number of likely N-dealkylation sites (tertiary alicyclic amines) is 2. The number of H-pyrrole nitrogens is 2. The van der Waals surface area contributed by atoms with Crippen molar-refractivity contribution in [3.05, 3.63) is 70.8 Å². The highest BCUT2D eigenvalue weighted by molar-refractivity contribution is 5.87. The summed E-state index contributed by atoms with van der Waals surface area (Å²) in [5.41, 5.74) is 2.84. The van der Waals surface area contributed by atoms with Gasteiger partial charge in [-0.2, -0.15) is 0 Å². The number of hydrogen-bond acceptors (Lipinski definition) is 8. The second-order valence-electron chi connectivity index (χ2n) is 14.9. The lowest BCUT2D eigenvalue weighted by molar-refractivity contribution is -0.136. The van der Waals surface area contributed by atoms with E-state index in [0.717, 1.165) is 24.0 Å². The molecular weight excluding hydrogens is 688 g/mol. The Balaban J connectivity index is 1.23. The smallest absolute Gasteiger partial charge is 0.407 e. The molecule has 2 fully saturated rings. The Bertz CT molecular complexity index is 1810. The van der Waals surface area contributed by atoms with Crippen molar-refractivity contribution in [1.29, 1.82) is 0 Å². The zero-order chi connectivity index (χ0) is 39.1. The number of benzene rings is 1. The van der Waals surface area contributed by atoms with Crippen molar-refractivity contribution in [2.45, 2.75) is 78.6 Å². The molecule has 2 aliphatic rings. The molecule has 2 saturated heterocycles. The number of carbonyl (C=O) groups excluding carboxylic acids is 4. The van der Waals surface area contributed by atoms with Gasteiger partial charge < -0.3 is 39.9 Å². The number of carbonyl (C=O) groups is 4. The van der Waals surface area contributed by atoms with Crippen molar-refractivity contribution in [2.75, 3.05) is 27.3 Å². The number of aromatic amines is 2. The zero-order valence-electron chi connectivity index (χ0n) is 32.1. The van der Waals surface area contributed by atoms with E-state index in [2.05, 4.69) is 68.1 Å². The summed E-state index contributed by atoms with van der Waals surface area (Å²) in [6.07, 6.45) is 3.54. The minimum atomic E-state index is -0.713. The van der Waals surface area contributed by atoms with Gasteiger partial charge in [-0.1, -0.05) is 53.4 Å². The molecule has 3 aromatic rings. The minimum absolute atomic E-state index is 0.125. The lowest BCUT2D eigenvalue weighted by atomic mass is 10.0. The molecule has 0 radical (unpaired) electrons. The highest BCUT2D eigenvalue weighted by Gasteiger charge is 2.41. The molecule has 0 saturated carbocycles. The van der Waals surface area contributed by atoms with Crippen LogP contribution in [0, 0.1) is 47.4 Å². The van der Waals surface area contributed by atoms with Crippen molar-refractivity contribution < 1.29 is 28.7 Å². The molecular formula is C40H50N8O6. The third-order valence-corrected chi connectivity index (χ3v) is 9.76. The third kappa shape index (κ3) is 9.42. The van der Waals surface area contributed by atoms with Crippen LogP contribution in [-0.2, 0) is 19.1 Å². The Hall–Kier alpha value is -5.76. The standard InChI is InChI=1S/C40H50N8O6/c1-23(2)33(45-39(51)53-7)37(49)47-21-25(5)17-31(47)35-41-19-29(43-35)15-13-27-9-11-28(12-10-27)14-16-30-20-42-36(44-30)32-18-26(6)22-48(32)38(50)34(24(3)4)46-40(52)54-8/h9-12,19-20,23-26,31-34H,17-18,21-22H2,1-8H3,(H,41,43)(H,42,44)(H,45,51)(H,46,52)/t25-,26-,31+,32+,33+,34+/m1/s1. The van der Waals surface area contributed by atoms with Gasteiger partial charge in [0, 0.05) is 24.2 Å². The summed E-state index contributed by atoms with van der Waals surface area (Å²) in [6.45, 7) is 12.8. The van der Waals surface area contributed by atoms with Gasteiger partial charge in [-0.3, -0.25) is 9.59 Å². The van der Waals surface area contributed by atoms with Crippen LogP contribution < -0.4 is 10.6 Å². The molecule has 1 aromatic carbocycles. The van der Waals surface area contributed by atoms with E-state index in [4.69, 9.17) is 9.47 Å². The fourth-order valence-electron chi connectivity index (χ4n) is 6.91. The predicted molar refractivity (Wildman–Crippen MR) is 200 cm³/mol. The number of methoxy groups -OCH3 is 2. The predicted octanol–water partition coefficient (Wildman–Crippen LogP) is 4.51. The fraction of sp³-hybridized carbons (Fsp3) is 0.500. The number of rotatable bonds is 8. The summed E-state index contributed by atoms with van der Waals surface area (Å²) in [6, 6.07) is 5.62. The molecule has 4 amide bonds. The summed E-state index contributed by atoms with van der Waals surface area (Å²) in [5.74, 6) is 13.8. The number of aromatic nitrogens is 4. The number of ether oxygens (including phenoxy) is 2. The fourth-order valence-corrected chi connectivity index (χ4v) is 6.91. The van der Waals surface area contributed by atoms with Crippen LogP contribution in [0.15, 0.2) is 36.7 Å². The maximum atomic E-state index is 13.6. The van der Waals surface area contributed by atoms with Gasteiger partial charge in [0.2, 0.25) is 11.8 Å². The molecule has 0 bridgehead atoms. The Morgan fingerprint density at radius 1 is 0.685 bits per heavy atom. The van der Waals surface area contributed by atoms with Crippen LogP contribution in [-0.4, -0.2) is 93.1 Å². The van der Waals surface area contributed by atoms with Gasteiger partial charge in [0.15, 0.2) is 0 Å². The van der Waals surface area contributed by atoms with Crippen molar-refractivity contribution in [3.8, 4) is 23.7 Å². The summed E-state index contributed by atoms with van der Waals surface area (Å²) >= 11 is 0. The van der Waals surface area contributed by atoms with E-state index in [1.165, 1.54) is 14.2 Å². The Labute approximate surface area is 316 Å². The Kier molecular flexibility index (Phi) is 12.7. The quantitative estimate of drug-likeness (QED) is 0.244. The zero-order valence-corrected chi connectivity index (χ0v) is 32.1. The molecule has 14 heteroatoms. The molecule has 2 aliphatic heterocycles. The first-order chi connectivity index (χ1) is 25.8. The highest BCUT2D eigenvalue weighted by Crippen LogP contribution is 2.36. The maximum absolute atomic E-state index is 13.6. The Morgan fingerprint density at radius 3 is 1.39 bits per heavy atom. The molecule has 4 heterocycles. The molecule has 0 spiro atoms. The number of nitrogens with one attached hydrogen (secondary N) is 4. The topological polar surface area (TPSA) is 175 Å². The van der Waals surface area contributed by atoms with Gasteiger partial charge in [-0.25, -0.2) is 19.6 Å². The first-order valence-corrected chi connectivity index (χ1v) is 18.3. The summed E-state index contributed by atoms with van der Waals surface area (Å²) in [7, 11) is 2.56. The monoisotopic (exact) mass is 738 g/mol. The second-order valence-corrected chi connectivity index (χ2v) is 14.9. The van der Waals surface area contributed by atoms with E-state index in [1.54, 1.807) is 22.2 Å². The minimum Gasteiger partial charge on any atom is -0.453 e.